The first-order valence-electron chi connectivity index (χ1n) is 5.52. The van der Waals surface area contributed by atoms with Crippen molar-refractivity contribution < 1.29 is 9.13 Å². The number of ether oxygens (including phenoxy) is 1. The van der Waals surface area contributed by atoms with Crippen LogP contribution in [0.1, 0.15) is 5.56 Å². The molecule has 0 fully saturated rings. The fraction of sp³-hybridized carbons (Fsp3) is 0.0833. The second-order valence-corrected chi connectivity index (χ2v) is 3.68. The van der Waals surface area contributed by atoms with Crippen molar-refractivity contribution in [3.63, 3.8) is 0 Å². The number of nitrogens with two attached hydrogens (primary N) is 1. The average Bonchev–Trinajstić information content (AvgIpc) is 2.48. The maximum atomic E-state index is 13.1. The van der Waals surface area contributed by atoms with Crippen LogP contribution < -0.4 is 21.3 Å². The lowest BCUT2D eigenvalue weighted by Gasteiger charge is -2.13. The summed E-state index contributed by atoms with van der Waals surface area (Å²) in [7, 11) is 1.43. The van der Waals surface area contributed by atoms with Gasteiger partial charge in [0.15, 0.2) is 11.6 Å². The molecule has 7 nitrogen and oxygen atoms in total. The number of anilines is 3. The largest absolute Gasteiger partial charge is 0.490 e. The van der Waals surface area contributed by atoms with Crippen LogP contribution in [0.15, 0.2) is 24.5 Å². The van der Waals surface area contributed by atoms with Gasteiger partial charge in [0.1, 0.15) is 18.2 Å². The molecular formula is C12H11FN6O. The van der Waals surface area contributed by atoms with Crippen molar-refractivity contribution in [3.05, 3.63) is 35.9 Å². The number of hydrogen-bond acceptors (Lipinski definition) is 7. The van der Waals surface area contributed by atoms with E-state index in [1.807, 2.05) is 6.07 Å². The van der Waals surface area contributed by atoms with Gasteiger partial charge in [0.25, 0.3) is 0 Å². The first kappa shape index (κ1) is 13.5. The van der Waals surface area contributed by atoms with Crippen LogP contribution in [-0.2, 0) is 0 Å². The van der Waals surface area contributed by atoms with Crippen molar-refractivity contribution in [1.29, 1.82) is 5.26 Å². The Labute approximate surface area is 114 Å². The van der Waals surface area contributed by atoms with Gasteiger partial charge in [-0.1, -0.05) is 0 Å². The molecule has 0 radical (unpaired) electrons. The van der Waals surface area contributed by atoms with Gasteiger partial charge in [0.2, 0.25) is 5.75 Å². The van der Waals surface area contributed by atoms with E-state index in [0.29, 0.717) is 11.5 Å². The fourth-order valence-electron chi connectivity index (χ4n) is 1.60. The van der Waals surface area contributed by atoms with Crippen LogP contribution in [0, 0.1) is 17.1 Å². The van der Waals surface area contributed by atoms with Crippen LogP contribution in [0.25, 0.3) is 0 Å². The monoisotopic (exact) mass is 274 g/mol. The number of nitrogens with zero attached hydrogens (tertiary/aromatic N) is 3. The molecule has 0 aliphatic heterocycles. The molecule has 0 atom stereocenters. The molecule has 0 aliphatic rings. The summed E-state index contributed by atoms with van der Waals surface area (Å²) in [5, 5.41) is 11.9. The molecule has 0 saturated carbocycles. The topological polar surface area (TPSA) is 109 Å². The van der Waals surface area contributed by atoms with E-state index in [0.717, 1.165) is 6.07 Å². The molecule has 1 aromatic heterocycles. The number of halogens is 1. The first-order chi connectivity index (χ1) is 9.69. The third kappa shape index (κ3) is 2.57. The molecular weight excluding hydrogens is 263 g/mol. The summed E-state index contributed by atoms with van der Waals surface area (Å²) in [6, 6.07) is 5.69. The number of methoxy groups -OCH3 is 1. The second kappa shape index (κ2) is 5.81. The van der Waals surface area contributed by atoms with Gasteiger partial charge in [-0.2, -0.15) is 5.26 Å². The van der Waals surface area contributed by atoms with E-state index in [2.05, 4.69) is 20.7 Å². The molecule has 8 heteroatoms. The maximum absolute atomic E-state index is 13.1. The highest BCUT2D eigenvalue weighted by atomic mass is 19.1. The van der Waals surface area contributed by atoms with Crippen molar-refractivity contribution in [3.8, 4) is 11.8 Å². The number of nitriles is 1. The van der Waals surface area contributed by atoms with Gasteiger partial charge in [-0.15, -0.1) is 0 Å². The quantitative estimate of drug-likeness (QED) is 0.573. The Morgan fingerprint density at radius 2 is 2.10 bits per heavy atom. The van der Waals surface area contributed by atoms with E-state index in [-0.39, 0.29) is 17.1 Å². The Balaban J connectivity index is 2.43. The lowest BCUT2D eigenvalue weighted by molar-refractivity contribution is 0.415. The van der Waals surface area contributed by atoms with Gasteiger partial charge in [-0.3, -0.25) is 0 Å². The minimum atomic E-state index is -0.494. The van der Waals surface area contributed by atoms with Crippen molar-refractivity contribution in [2.75, 3.05) is 17.9 Å². The number of benzene rings is 1. The summed E-state index contributed by atoms with van der Waals surface area (Å²) in [6.45, 7) is 0. The zero-order chi connectivity index (χ0) is 14.5. The van der Waals surface area contributed by atoms with Gasteiger partial charge < -0.3 is 15.5 Å². The summed E-state index contributed by atoms with van der Waals surface area (Å²) in [5.41, 5.74) is 2.91. The van der Waals surface area contributed by atoms with E-state index < -0.39 is 5.82 Å². The Kier molecular flexibility index (Phi) is 3.93. The highest BCUT2D eigenvalue weighted by Gasteiger charge is 2.13. The highest BCUT2D eigenvalue weighted by Crippen LogP contribution is 2.31. The first-order valence-corrected chi connectivity index (χ1v) is 5.52. The Morgan fingerprint density at radius 3 is 2.75 bits per heavy atom. The zero-order valence-electron chi connectivity index (χ0n) is 10.5. The number of hydrazine groups is 1. The van der Waals surface area contributed by atoms with Crippen LogP contribution in [0.5, 0.6) is 5.75 Å². The van der Waals surface area contributed by atoms with Gasteiger partial charge in [-0.25, -0.2) is 20.2 Å². The highest BCUT2D eigenvalue weighted by molar-refractivity contribution is 5.72. The lowest BCUT2D eigenvalue weighted by atomic mass is 10.2. The van der Waals surface area contributed by atoms with Crippen LogP contribution in [0.4, 0.5) is 21.7 Å². The predicted molar refractivity (Wildman–Crippen MR) is 70.8 cm³/mol. The maximum Gasteiger partial charge on any atom is 0.205 e. The Hall–Kier alpha value is -2.92. The zero-order valence-corrected chi connectivity index (χ0v) is 10.5. The predicted octanol–water partition coefficient (Wildman–Crippen LogP) is 1.53. The van der Waals surface area contributed by atoms with E-state index >= 15 is 0 Å². The van der Waals surface area contributed by atoms with E-state index in [1.165, 1.54) is 25.6 Å². The number of aromatic nitrogens is 2. The molecule has 2 aromatic rings. The van der Waals surface area contributed by atoms with Gasteiger partial charge in [-0.05, 0) is 18.2 Å². The third-order valence-electron chi connectivity index (χ3n) is 2.50. The van der Waals surface area contributed by atoms with Gasteiger partial charge >= 0.3 is 0 Å². The standard InChI is InChI=1S/C12H11FN6O/c1-20-10-11(16-6-17-12(10)19-15)18-9-3-2-8(13)4-7(9)5-14/h2-4,6H,15H2,1H3,(H2,16,17,18,19). The molecule has 20 heavy (non-hydrogen) atoms. The van der Waals surface area contributed by atoms with E-state index in [1.54, 1.807) is 0 Å². The summed E-state index contributed by atoms with van der Waals surface area (Å²) in [4.78, 5) is 7.90. The second-order valence-electron chi connectivity index (χ2n) is 3.68. The normalized spacial score (nSPS) is 9.70. The fourth-order valence-corrected chi connectivity index (χ4v) is 1.60. The molecule has 2 rings (SSSR count). The van der Waals surface area contributed by atoms with Crippen LogP contribution >= 0.6 is 0 Å². The molecule has 1 aromatic carbocycles. The van der Waals surface area contributed by atoms with E-state index in [4.69, 9.17) is 15.8 Å². The number of hydrogen-bond donors (Lipinski definition) is 3. The molecule has 0 amide bonds. The van der Waals surface area contributed by atoms with E-state index in [9.17, 15) is 4.39 Å². The summed E-state index contributed by atoms with van der Waals surface area (Å²) >= 11 is 0. The number of nitrogens with one attached hydrogen (secondary N) is 2. The smallest absolute Gasteiger partial charge is 0.205 e. The van der Waals surface area contributed by atoms with Crippen LogP contribution in [0.2, 0.25) is 0 Å². The van der Waals surface area contributed by atoms with Gasteiger partial charge in [0.05, 0.1) is 18.4 Å². The molecule has 0 bridgehead atoms. The molecule has 0 aliphatic carbocycles. The summed E-state index contributed by atoms with van der Waals surface area (Å²) in [5.74, 6) is 5.69. The van der Waals surface area contributed by atoms with Crippen molar-refractivity contribution in [1.82, 2.24) is 9.97 Å². The number of rotatable bonds is 4. The minimum absolute atomic E-state index is 0.146. The Morgan fingerprint density at radius 1 is 1.35 bits per heavy atom. The third-order valence-corrected chi connectivity index (χ3v) is 2.50. The van der Waals surface area contributed by atoms with Crippen LogP contribution in [0.3, 0.4) is 0 Å². The SMILES string of the molecule is COc1c(NN)ncnc1Nc1ccc(F)cc1C#N. The molecule has 1 heterocycles. The molecule has 102 valence electrons. The van der Waals surface area contributed by atoms with Crippen LogP contribution in [-0.4, -0.2) is 17.1 Å². The minimum Gasteiger partial charge on any atom is -0.490 e. The van der Waals surface area contributed by atoms with Crippen molar-refractivity contribution >= 4 is 17.3 Å². The molecule has 0 saturated heterocycles. The van der Waals surface area contributed by atoms with Crippen molar-refractivity contribution in [2.45, 2.75) is 0 Å². The molecule has 0 spiro atoms. The average molecular weight is 274 g/mol. The van der Waals surface area contributed by atoms with Gasteiger partial charge in [0, 0.05) is 0 Å². The summed E-state index contributed by atoms with van der Waals surface area (Å²) in [6.07, 6.45) is 1.27. The molecule has 0 unspecified atom stereocenters. The molecule has 4 N–H and O–H groups in total. The number of nitrogen functional groups attached to an aromatic ring is 1. The van der Waals surface area contributed by atoms with Crippen molar-refractivity contribution in [2.24, 2.45) is 5.84 Å². The Bertz CT molecular complexity index is 669. The lowest BCUT2D eigenvalue weighted by Crippen LogP contribution is -2.11. The summed E-state index contributed by atoms with van der Waals surface area (Å²) < 4.78 is 18.2.